The summed E-state index contributed by atoms with van der Waals surface area (Å²) in [6.07, 6.45) is 1.04. The minimum Gasteiger partial charge on any atom is -0.286 e. The highest BCUT2D eigenvalue weighted by Crippen LogP contribution is 2.28. The van der Waals surface area contributed by atoms with Crippen LogP contribution >= 0.6 is 0 Å². The summed E-state index contributed by atoms with van der Waals surface area (Å²) >= 11 is 0. The van der Waals surface area contributed by atoms with Gasteiger partial charge in [0.1, 0.15) is 11.5 Å². The van der Waals surface area contributed by atoms with Crippen LogP contribution in [0.5, 0.6) is 0 Å². The fraction of sp³-hybridized carbons (Fsp3) is 0.160. The molecule has 2 aromatic carbocycles. The third-order valence-corrected chi connectivity index (χ3v) is 4.92. The van der Waals surface area contributed by atoms with Crippen LogP contribution in [-0.4, -0.2) is 9.55 Å². The molecule has 0 atom stereocenters. The molecule has 0 aliphatic carbocycles. The SMILES string of the molecule is CCc1ccc(C#Cc2c(C)c3ccccc3n2-c2cccc(C)n2)cc1. The number of benzene rings is 2. The van der Waals surface area contributed by atoms with Crippen molar-refractivity contribution in [2.75, 3.05) is 0 Å². The zero-order chi connectivity index (χ0) is 18.8. The summed E-state index contributed by atoms with van der Waals surface area (Å²) in [6.45, 7) is 6.32. The Morgan fingerprint density at radius 1 is 0.852 bits per heavy atom. The highest BCUT2D eigenvalue weighted by molar-refractivity contribution is 5.88. The number of fused-ring (bicyclic) bond motifs is 1. The van der Waals surface area contributed by atoms with Crippen molar-refractivity contribution in [3.63, 3.8) is 0 Å². The Balaban J connectivity index is 1.91. The first-order chi connectivity index (χ1) is 13.2. The molecule has 27 heavy (non-hydrogen) atoms. The van der Waals surface area contributed by atoms with Crippen molar-refractivity contribution in [3.05, 3.63) is 94.8 Å². The van der Waals surface area contributed by atoms with Gasteiger partial charge in [0, 0.05) is 16.6 Å². The average Bonchev–Trinajstić information content (AvgIpc) is 2.99. The lowest BCUT2D eigenvalue weighted by Crippen LogP contribution is -2.01. The number of aryl methyl sites for hydroxylation is 3. The normalized spacial score (nSPS) is 10.6. The first-order valence-corrected chi connectivity index (χ1v) is 9.32. The maximum Gasteiger partial charge on any atom is 0.138 e. The van der Waals surface area contributed by atoms with Gasteiger partial charge in [0.2, 0.25) is 0 Å². The van der Waals surface area contributed by atoms with Gasteiger partial charge >= 0.3 is 0 Å². The molecular formula is C25H22N2. The monoisotopic (exact) mass is 350 g/mol. The van der Waals surface area contributed by atoms with Crippen molar-refractivity contribution < 1.29 is 0 Å². The lowest BCUT2D eigenvalue weighted by molar-refractivity contribution is 0.999. The number of pyridine rings is 1. The molecule has 0 fully saturated rings. The molecule has 0 unspecified atom stereocenters. The molecule has 4 aromatic rings. The van der Waals surface area contributed by atoms with E-state index in [0.717, 1.165) is 34.7 Å². The number of aromatic nitrogens is 2. The van der Waals surface area contributed by atoms with Crippen LogP contribution in [0.25, 0.3) is 16.7 Å². The van der Waals surface area contributed by atoms with E-state index < -0.39 is 0 Å². The third kappa shape index (κ3) is 3.25. The summed E-state index contributed by atoms with van der Waals surface area (Å²) in [4.78, 5) is 4.74. The number of nitrogens with zero attached hydrogens (tertiary/aromatic N) is 2. The van der Waals surface area contributed by atoms with E-state index in [0.29, 0.717) is 0 Å². The molecule has 0 radical (unpaired) electrons. The Bertz CT molecular complexity index is 1170. The van der Waals surface area contributed by atoms with Crippen LogP contribution in [0, 0.1) is 25.7 Å². The van der Waals surface area contributed by atoms with Crippen molar-refractivity contribution in [1.29, 1.82) is 0 Å². The van der Waals surface area contributed by atoms with Gasteiger partial charge in [0.15, 0.2) is 0 Å². The molecule has 132 valence electrons. The van der Waals surface area contributed by atoms with Crippen LogP contribution in [0.15, 0.2) is 66.7 Å². The van der Waals surface area contributed by atoms with Crippen LogP contribution in [0.2, 0.25) is 0 Å². The molecule has 0 aliphatic heterocycles. The van der Waals surface area contributed by atoms with Crippen LogP contribution in [-0.2, 0) is 6.42 Å². The molecule has 2 heteroatoms. The fourth-order valence-electron chi connectivity index (χ4n) is 3.40. The van der Waals surface area contributed by atoms with Gasteiger partial charge in [-0.25, -0.2) is 4.98 Å². The average molecular weight is 350 g/mol. The van der Waals surface area contributed by atoms with E-state index in [2.05, 4.69) is 78.8 Å². The highest BCUT2D eigenvalue weighted by Gasteiger charge is 2.14. The lowest BCUT2D eigenvalue weighted by Gasteiger charge is -2.07. The summed E-state index contributed by atoms with van der Waals surface area (Å²) in [6, 6.07) is 23.0. The molecule has 0 bridgehead atoms. The predicted molar refractivity (Wildman–Crippen MR) is 112 cm³/mol. The van der Waals surface area contributed by atoms with Crippen LogP contribution in [0.1, 0.15) is 35.0 Å². The van der Waals surface area contributed by atoms with E-state index in [1.165, 1.54) is 16.5 Å². The standard InChI is InChI=1S/C25H22N2/c1-4-20-12-14-21(15-13-20)16-17-23-19(3)22-9-5-6-10-24(22)27(23)25-11-7-8-18(2)26-25/h5-15H,4H2,1-3H3. The second-order valence-corrected chi connectivity index (χ2v) is 6.76. The van der Waals surface area contributed by atoms with E-state index in [1.54, 1.807) is 0 Å². The molecule has 0 aliphatic rings. The Morgan fingerprint density at radius 3 is 2.37 bits per heavy atom. The molecule has 0 N–H and O–H groups in total. The van der Waals surface area contributed by atoms with Gasteiger partial charge in [0.25, 0.3) is 0 Å². The molecule has 2 aromatic heterocycles. The second-order valence-electron chi connectivity index (χ2n) is 6.76. The van der Waals surface area contributed by atoms with Crippen molar-refractivity contribution in [2.45, 2.75) is 27.2 Å². The molecule has 0 spiro atoms. The first kappa shape index (κ1) is 17.1. The van der Waals surface area contributed by atoms with E-state index in [1.807, 2.05) is 25.1 Å². The Morgan fingerprint density at radius 2 is 1.63 bits per heavy atom. The van der Waals surface area contributed by atoms with Gasteiger partial charge in [0.05, 0.1) is 5.52 Å². The fourth-order valence-corrected chi connectivity index (χ4v) is 3.40. The summed E-state index contributed by atoms with van der Waals surface area (Å²) < 4.78 is 2.17. The topological polar surface area (TPSA) is 17.8 Å². The Labute approximate surface area is 160 Å². The number of hydrogen-bond donors (Lipinski definition) is 0. The van der Waals surface area contributed by atoms with Gasteiger partial charge in [-0.3, -0.25) is 4.57 Å². The minimum absolute atomic E-state index is 0.907. The number of rotatable bonds is 2. The number of hydrogen-bond acceptors (Lipinski definition) is 1. The van der Waals surface area contributed by atoms with E-state index in [-0.39, 0.29) is 0 Å². The highest BCUT2D eigenvalue weighted by atomic mass is 15.1. The predicted octanol–water partition coefficient (Wildman–Crippen LogP) is 5.60. The summed E-state index contributed by atoms with van der Waals surface area (Å²) in [5, 5.41) is 1.21. The van der Waals surface area contributed by atoms with Crippen molar-refractivity contribution in [3.8, 4) is 17.7 Å². The molecule has 0 amide bonds. The number of para-hydroxylation sites is 1. The Kier molecular flexibility index (Phi) is 4.52. The van der Waals surface area contributed by atoms with E-state index in [9.17, 15) is 0 Å². The smallest absolute Gasteiger partial charge is 0.138 e. The van der Waals surface area contributed by atoms with Crippen LogP contribution < -0.4 is 0 Å². The summed E-state index contributed by atoms with van der Waals surface area (Å²) in [5.74, 6) is 7.66. The largest absolute Gasteiger partial charge is 0.286 e. The van der Waals surface area contributed by atoms with Gasteiger partial charge in [-0.1, -0.05) is 49.2 Å². The molecule has 2 heterocycles. The van der Waals surface area contributed by atoms with Crippen molar-refractivity contribution in [2.24, 2.45) is 0 Å². The quantitative estimate of drug-likeness (QED) is 0.430. The van der Waals surface area contributed by atoms with Crippen molar-refractivity contribution in [1.82, 2.24) is 9.55 Å². The van der Waals surface area contributed by atoms with Gasteiger partial charge < -0.3 is 0 Å². The first-order valence-electron chi connectivity index (χ1n) is 9.32. The van der Waals surface area contributed by atoms with Crippen LogP contribution in [0.3, 0.4) is 0 Å². The zero-order valence-corrected chi connectivity index (χ0v) is 16.0. The van der Waals surface area contributed by atoms with Gasteiger partial charge in [-0.05, 0) is 67.6 Å². The molecule has 0 saturated heterocycles. The van der Waals surface area contributed by atoms with Crippen LogP contribution in [0.4, 0.5) is 0 Å². The molecular weight excluding hydrogens is 328 g/mol. The molecule has 2 nitrogen and oxygen atoms in total. The third-order valence-electron chi connectivity index (χ3n) is 4.92. The van der Waals surface area contributed by atoms with Gasteiger partial charge in [-0.2, -0.15) is 0 Å². The minimum atomic E-state index is 0.907. The maximum atomic E-state index is 4.74. The summed E-state index contributed by atoms with van der Waals surface area (Å²) in [5.41, 5.74) is 6.67. The Hall–Kier alpha value is -3.31. The zero-order valence-electron chi connectivity index (χ0n) is 16.0. The lowest BCUT2D eigenvalue weighted by atomic mass is 10.1. The van der Waals surface area contributed by atoms with E-state index in [4.69, 9.17) is 4.98 Å². The van der Waals surface area contributed by atoms with Gasteiger partial charge in [-0.15, -0.1) is 0 Å². The second kappa shape index (κ2) is 7.13. The molecule has 4 rings (SSSR count). The summed E-state index contributed by atoms with van der Waals surface area (Å²) in [7, 11) is 0. The van der Waals surface area contributed by atoms with Crippen molar-refractivity contribution >= 4 is 10.9 Å². The maximum absolute atomic E-state index is 4.74. The van der Waals surface area contributed by atoms with E-state index >= 15 is 0 Å². The molecule has 0 saturated carbocycles.